The molecule has 0 aliphatic carbocycles. The minimum absolute atomic E-state index is 0. The van der Waals surface area contributed by atoms with Crippen LogP contribution in [0.2, 0.25) is 0 Å². The second-order valence-electron chi connectivity index (χ2n) is 2.72. The third-order valence-corrected chi connectivity index (χ3v) is 1.87. The van der Waals surface area contributed by atoms with Crippen molar-refractivity contribution >= 4 is 29.6 Å². The van der Waals surface area contributed by atoms with Gasteiger partial charge in [-0.05, 0) is 0 Å². The second-order valence-corrected chi connectivity index (χ2v) is 2.72. The predicted molar refractivity (Wildman–Crippen MR) is 43.1 cm³/mol. The Morgan fingerprint density at radius 2 is 1.46 bits per heavy atom. The van der Waals surface area contributed by atoms with Crippen LogP contribution < -0.4 is 0 Å². The number of ether oxygens (including phenoxy) is 1. The van der Waals surface area contributed by atoms with E-state index in [0.717, 1.165) is 0 Å². The van der Waals surface area contributed by atoms with E-state index in [4.69, 9.17) is 25.5 Å². The van der Waals surface area contributed by atoms with Crippen LogP contribution in [-0.2, 0) is 4.74 Å². The van der Waals surface area contributed by atoms with Crippen molar-refractivity contribution in [2.24, 2.45) is 0 Å². The van der Waals surface area contributed by atoms with Gasteiger partial charge in [-0.3, -0.25) is 0 Å². The van der Waals surface area contributed by atoms with Crippen molar-refractivity contribution < 1.29 is 30.3 Å². The third-order valence-electron chi connectivity index (χ3n) is 1.87. The zero-order valence-corrected chi connectivity index (χ0v) is 6.24. The Kier molecular flexibility index (Phi) is 5.92. The van der Waals surface area contributed by atoms with Gasteiger partial charge < -0.3 is 30.3 Å². The van der Waals surface area contributed by atoms with Crippen molar-refractivity contribution in [3.05, 3.63) is 0 Å². The van der Waals surface area contributed by atoms with Crippen LogP contribution in [0.3, 0.4) is 0 Å². The molecule has 1 saturated heterocycles. The van der Waals surface area contributed by atoms with Gasteiger partial charge in [-0.15, -0.1) is 0 Å². The van der Waals surface area contributed by atoms with Crippen LogP contribution in [0.4, 0.5) is 0 Å². The first-order valence-electron chi connectivity index (χ1n) is 3.56. The molecule has 1 unspecified atom stereocenters. The standard InChI is InChI=1S/C6H12O6.Na.H/c7-1-2-3(8)4(9)5(10)6(11)12-2;;/h2-11H,1H2;;/t2-,3-,4+,5-,6?;;/m1../s1. The average Bonchev–Trinajstić information content (AvgIpc) is 2.08. The minimum atomic E-state index is -1.57. The van der Waals surface area contributed by atoms with Crippen molar-refractivity contribution in [3.8, 4) is 0 Å². The Hall–Kier alpha value is 0.760. The van der Waals surface area contributed by atoms with Gasteiger partial charge in [0.2, 0.25) is 0 Å². The van der Waals surface area contributed by atoms with Crippen molar-refractivity contribution in [1.29, 1.82) is 0 Å². The average molecular weight is 204 g/mol. The molecule has 1 aliphatic heterocycles. The van der Waals surface area contributed by atoms with E-state index in [9.17, 15) is 0 Å². The Morgan fingerprint density at radius 3 is 1.92 bits per heavy atom. The Morgan fingerprint density at radius 1 is 0.923 bits per heavy atom. The van der Waals surface area contributed by atoms with E-state index in [1.54, 1.807) is 0 Å². The molecule has 13 heavy (non-hydrogen) atoms. The molecule has 1 aliphatic rings. The zero-order chi connectivity index (χ0) is 9.30. The van der Waals surface area contributed by atoms with E-state index >= 15 is 0 Å². The van der Waals surface area contributed by atoms with E-state index in [1.165, 1.54) is 0 Å². The molecule has 74 valence electrons. The first-order valence-corrected chi connectivity index (χ1v) is 3.56. The molecule has 0 spiro atoms. The molecule has 5 N–H and O–H groups in total. The van der Waals surface area contributed by atoms with Gasteiger partial charge in [0, 0.05) is 0 Å². The molecule has 7 heteroatoms. The topological polar surface area (TPSA) is 110 Å². The summed E-state index contributed by atoms with van der Waals surface area (Å²) in [5.41, 5.74) is 0. The zero-order valence-electron chi connectivity index (χ0n) is 6.24. The van der Waals surface area contributed by atoms with Crippen LogP contribution in [0.15, 0.2) is 0 Å². The molecule has 0 aromatic carbocycles. The molecule has 0 bridgehead atoms. The predicted octanol–water partition coefficient (Wildman–Crippen LogP) is -3.87. The van der Waals surface area contributed by atoms with E-state index < -0.39 is 37.3 Å². The Bertz CT molecular complexity index is 151. The number of aliphatic hydroxyl groups excluding tert-OH is 5. The van der Waals surface area contributed by atoms with Crippen LogP contribution in [0.25, 0.3) is 0 Å². The van der Waals surface area contributed by atoms with Crippen LogP contribution in [0.1, 0.15) is 0 Å². The molecule has 1 rings (SSSR count). The van der Waals surface area contributed by atoms with Crippen LogP contribution >= 0.6 is 0 Å². The van der Waals surface area contributed by atoms with Gasteiger partial charge in [0.15, 0.2) is 6.29 Å². The summed E-state index contributed by atoms with van der Waals surface area (Å²) in [6.07, 6.45) is -7.04. The third kappa shape index (κ3) is 2.85. The van der Waals surface area contributed by atoms with Gasteiger partial charge in [0.05, 0.1) is 6.61 Å². The van der Waals surface area contributed by atoms with Gasteiger partial charge in [0.1, 0.15) is 24.4 Å². The van der Waals surface area contributed by atoms with Crippen molar-refractivity contribution in [1.82, 2.24) is 0 Å². The maximum absolute atomic E-state index is 9.12. The van der Waals surface area contributed by atoms with E-state index in [-0.39, 0.29) is 29.6 Å². The first kappa shape index (κ1) is 13.8. The van der Waals surface area contributed by atoms with Gasteiger partial charge in [0.25, 0.3) is 0 Å². The molecule has 0 saturated carbocycles. The molecule has 0 amide bonds. The van der Waals surface area contributed by atoms with E-state index in [0.29, 0.717) is 0 Å². The SMILES string of the molecule is OC[C@H]1OC(O)[C@H](O)[C@@H](O)[C@@H]1O.[NaH]. The number of aliphatic hydroxyl groups is 5. The molecule has 6 nitrogen and oxygen atoms in total. The molecule has 1 fully saturated rings. The molecule has 1 heterocycles. The Balaban J connectivity index is 0.00000144. The fourth-order valence-corrected chi connectivity index (χ4v) is 1.08. The Labute approximate surface area is 97.1 Å². The number of hydrogen-bond acceptors (Lipinski definition) is 6. The summed E-state index contributed by atoms with van der Waals surface area (Å²) in [7, 11) is 0. The van der Waals surface area contributed by atoms with Gasteiger partial charge in [-0.25, -0.2) is 0 Å². The summed E-state index contributed by atoms with van der Waals surface area (Å²) in [5.74, 6) is 0. The number of hydrogen-bond donors (Lipinski definition) is 5. The fourth-order valence-electron chi connectivity index (χ4n) is 1.08. The molecule has 0 radical (unpaired) electrons. The monoisotopic (exact) mass is 204 g/mol. The quantitative estimate of drug-likeness (QED) is 0.279. The fraction of sp³-hybridized carbons (Fsp3) is 1.00. The summed E-state index contributed by atoms with van der Waals surface area (Å²) in [5, 5.41) is 44.7. The van der Waals surface area contributed by atoms with Crippen LogP contribution in [-0.4, -0.2) is 92.4 Å². The molecule has 0 aromatic heterocycles. The summed E-state index contributed by atoms with van der Waals surface area (Å²) in [6, 6.07) is 0. The van der Waals surface area contributed by atoms with Crippen LogP contribution in [0, 0.1) is 0 Å². The summed E-state index contributed by atoms with van der Waals surface area (Å²) >= 11 is 0. The summed E-state index contributed by atoms with van der Waals surface area (Å²) in [6.45, 7) is -0.526. The van der Waals surface area contributed by atoms with Crippen molar-refractivity contribution in [2.45, 2.75) is 30.7 Å². The number of rotatable bonds is 1. The normalized spacial score (nSPS) is 45.5. The van der Waals surface area contributed by atoms with Gasteiger partial charge in [-0.1, -0.05) is 0 Å². The first-order chi connectivity index (χ1) is 5.57. The molecule has 5 atom stereocenters. The molecular formula is C6H13NaO6. The van der Waals surface area contributed by atoms with Gasteiger partial charge in [-0.2, -0.15) is 0 Å². The van der Waals surface area contributed by atoms with E-state index in [2.05, 4.69) is 4.74 Å². The second kappa shape index (κ2) is 5.59. The maximum atomic E-state index is 9.12. The summed E-state index contributed by atoms with van der Waals surface area (Å²) < 4.78 is 4.58. The van der Waals surface area contributed by atoms with Crippen LogP contribution in [0.5, 0.6) is 0 Å². The summed E-state index contributed by atoms with van der Waals surface area (Å²) in [4.78, 5) is 0. The van der Waals surface area contributed by atoms with Crippen molar-refractivity contribution in [2.75, 3.05) is 6.61 Å². The van der Waals surface area contributed by atoms with Gasteiger partial charge >= 0.3 is 29.6 Å². The molecule has 0 aromatic rings. The van der Waals surface area contributed by atoms with E-state index in [1.807, 2.05) is 0 Å². The molecular weight excluding hydrogens is 191 g/mol. The van der Waals surface area contributed by atoms with Crippen molar-refractivity contribution in [3.63, 3.8) is 0 Å².